The van der Waals surface area contributed by atoms with Crippen molar-refractivity contribution < 1.29 is 33.4 Å². The van der Waals surface area contributed by atoms with Crippen LogP contribution in [0.2, 0.25) is 0 Å². The number of hydrogen-bond acceptors (Lipinski definition) is 8. The highest BCUT2D eigenvalue weighted by Crippen LogP contribution is 2.46. The molecule has 3 heterocycles. The number of carbonyl (C=O) groups excluding carboxylic acids is 4. The number of esters is 1. The molecule has 0 bridgehead atoms. The van der Waals surface area contributed by atoms with E-state index in [9.17, 15) is 19.2 Å². The minimum Gasteiger partial charge on any atom is -0.497 e. The van der Waals surface area contributed by atoms with Crippen molar-refractivity contribution in [2.24, 2.45) is 11.3 Å². The Labute approximate surface area is 292 Å². The zero-order valence-electron chi connectivity index (χ0n) is 29.4. The second-order valence-electron chi connectivity index (χ2n) is 14.4. The van der Waals surface area contributed by atoms with Crippen molar-refractivity contribution in [3.05, 3.63) is 66.7 Å². The van der Waals surface area contributed by atoms with E-state index in [-0.39, 0.29) is 43.7 Å². The minimum atomic E-state index is -1.21. The van der Waals surface area contributed by atoms with Crippen LogP contribution in [0, 0.1) is 11.3 Å². The van der Waals surface area contributed by atoms with Crippen LogP contribution >= 0.6 is 0 Å². The molecule has 1 saturated heterocycles. The first-order chi connectivity index (χ1) is 23.9. The third-order valence-corrected chi connectivity index (χ3v) is 9.75. The van der Waals surface area contributed by atoms with Crippen molar-refractivity contribution in [1.82, 2.24) is 20.5 Å². The first kappa shape index (κ1) is 34.9. The Kier molecular flexibility index (Phi) is 9.87. The molecule has 5 atom stereocenters. The Hall–Kier alpha value is -4.93. The summed E-state index contributed by atoms with van der Waals surface area (Å²) in [6.45, 7) is 7.66. The molecule has 11 nitrogen and oxygen atoms in total. The van der Waals surface area contributed by atoms with Crippen molar-refractivity contribution in [1.29, 1.82) is 0 Å². The van der Waals surface area contributed by atoms with Crippen molar-refractivity contribution in [3.63, 3.8) is 0 Å². The maximum absolute atomic E-state index is 14.5. The van der Waals surface area contributed by atoms with Crippen molar-refractivity contribution in [2.45, 2.75) is 83.5 Å². The van der Waals surface area contributed by atoms with Crippen LogP contribution in [0.25, 0.3) is 22.2 Å². The molecule has 3 aromatic rings. The molecule has 2 fully saturated rings. The smallest absolute Gasteiger partial charge is 0.332 e. The van der Waals surface area contributed by atoms with Gasteiger partial charge in [-0.05, 0) is 43.7 Å². The zero-order valence-corrected chi connectivity index (χ0v) is 29.4. The fourth-order valence-corrected chi connectivity index (χ4v) is 6.91. The molecule has 11 heteroatoms. The number of methoxy groups -OCH3 is 1. The lowest BCUT2D eigenvalue weighted by molar-refractivity contribution is -0.150. The summed E-state index contributed by atoms with van der Waals surface area (Å²) in [7, 11) is 1.60. The van der Waals surface area contributed by atoms with Gasteiger partial charge in [0.1, 0.15) is 35.2 Å². The number of ether oxygens (including phenoxy) is 3. The number of pyridine rings is 1. The number of allylic oxidation sites excluding steroid dienone is 1. The first-order valence-electron chi connectivity index (χ1n) is 17.4. The molecule has 6 rings (SSSR count). The minimum absolute atomic E-state index is 0.0930. The van der Waals surface area contributed by atoms with Gasteiger partial charge in [-0.2, -0.15) is 0 Å². The number of fused-ring (bicyclic) bond motifs is 3. The molecule has 3 amide bonds. The number of rotatable bonds is 6. The van der Waals surface area contributed by atoms with E-state index in [4.69, 9.17) is 19.2 Å². The summed E-state index contributed by atoms with van der Waals surface area (Å²) in [6, 6.07) is 15.3. The van der Waals surface area contributed by atoms with Gasteiger partial charge in [0, 0.05) is 41.8 Å². The molecule has 1 aromatic heterocycles. The Morgan fingerprint density at radius 2 is 1.86 bits per heavy atom. The average molecular weight is 683 g/mol. The first-order valence-corrected chi connectivity index (χ1v) is 17.4. The summed E-state index contributed by atoms with van der Waals surface area (Å²) in [6.07, 6.45) is 5.30. The van der Waals surface area contributed by atoms with Crippen LogP contribution in [0.5, 0.6) is 11.5 Å². The summed E-state index contributed by atoms with van der Waals surface area (Å²) in [5.74, 6) is -0.613. The largest absolute Gasteiger partial charge is 0.497 e. The third kappa shape index (κ3) is 7.18. The van der Waals surface area contributed by atoms with E-state index >= 15 is 0 Å². The molecule has 2 N–H and O–H groups in total. The monoisotopic (exact) mass is 682 g/mol. The highest BCUT2D eigenvalue weighted by atomic mass is 16.5. The normalized spacial score (nSPS) is 26.4. The fourth-order valence-electron chi connectivity index (χ4n) is 6.91. The summed E-state index contributed by atoms with van der Waals surface area (Å²) < 4.78 is 17.6. The summed E-state index contributed by atoms with van der Waals surface area (Å²) in [5.41, 5.74) is 0.403. The van der Waals surface area contributed by atoms with E-state index in [1.54, 1.807) is 14.0 Å². The van der Waals surface area contributed by atoms with Crippen molar-refractivity contribution in [2.75, 3.05) is 20.3 Å². The van der Waals surface area contributed by atoms with Gasteiger partial charge in [-0.15, -0.1) is 0 Å². The van der Waals surface area contributed by atoms with Gasteiger partial charge in [-0.3, -0.25) is 14.4 Å². The van der Waals surface area contributed by atoms with E-state index in [1.807, 2.05) is 87.5 Å². The SMILES string of the molecule is CCOC(=O)[C@]12C[C@H]1/C=C\CCCC(=O)N[C@@H](C(C)(C)C)C(=O)N1C[C@H](Oc3cc(-c4ccccc4)nc4cc(OC)ccc34)CC1C(=O)N2. The fraction of sp³-hybridized carbons (Fsp3) is 0.462. The molecule has 1 saturated carbocycles. The van der Waals surface area contributed by atoms with Gasteiger partial charge in [-0.1, -0.05) is 63.3 Å². The lowest BCUT2D eigenvalue weighted by atomic mass is 9.85. The molecule has 2 aromatic carbocycles. The topological polar surface area (TPSA) is 136 Å². The highest BCUT2D eigenvalue weighted by Gasteiger charge is 2.62. The van der Waals surface area contributed by atoms with Gasteiger partial charge in [0.25, 0.3) is 0 Å². The molecular weight excluding hydrogens is 636 g/mol. The summed E-state index contributed by atoms with van der Waals surface area (Å²) in [4.78, 5) is 61.5. The molecule has 0 spiro atoms. The van der Waals surface area contributed by atoms with Crippen LogP contribution < -0.4 is 20.1 Å². The maximum atomic E-state index is 14.5. The van der Waals surface area contributed by atoms with Gasteiger partial charge in [0.05, 0.1) is 31.5 Å². The second-order valence-corrected chi connectivity index (χ2v) is 14.4. The second kappa shape index (κ2) is 14.1. The van der Waals surface area contributed by atoms with Gasteiger partial charge in [0.2, 0.25) is 17.7 Å². The Balaban J connectivity index is 1.37. The molecule has 2 aliphatic heterocycles. The van der Waals surface area contributed by atoms with E-state index in [2.05, 4.69) is 10.6 Å². The number of nitrogens with zero attached hydrogens (tertiary/aromatic N) is 2. The predicted molar refractivity (Wildman–Crippen MR) is 188 cm³/mol. The average Bonchev–Trinajstić information content (AvgIpc) is 3.62. The number of amides is 3. The van der Waals surface area contributed by atoms with Crippen molar-refractivity contribution in [3.8, 4) is 22.8 Å². The van der Waals surface area contributed by atoms with E-state index in [0.717, 1.165) is 10.9 Å². The van der Waals surface area contributed by atoms with E-state index in [0.29, 0.717) is 42.0 Å². The van der Waals surface area contributed by atoms with Crippen LogP contribution in [0.1, 0.15) is 59.8 Å². The Morgan fingerprint density at radius 1 is 1.08 bits per heavy atom. The molecule has 50 heavy (non-hydrogen) atoms. The third-order valence-electron chi connectivity index (χ3n) is 9.75. The van der Waals surface area contributed by atoms with Crippen LogP contribution in [-0.2, 0) is 23.9 Å². The molecular formula is C39H46N4O7. The molecule has 264 valence electrons. The van der Waals surface area contributed by atoms with Crippen LogP contribution in [0.15, 0.2) is 66.7 Å². The molecule has 1 aliphatic carbocycles. The quantitative estimate of drug-likeness (QED) is 0.275. The van der Waals surface area contributed by atoms with Gasteiger partial charge >= 0.3 is 5.97 Å². The van der Waals surface area contributed by atoms with Gasteiger partial charge < -0.3 is 29.7 Å². The predicted octanol–water partition coefficient (Wildman–Crippen LogP) is 4.97. The standard InChI is InChI=1S/C39H46N4O7/c1-6-49-37(47)39-22-25(39)15-11-8-12-16-33(44)41-34(38(2,3)4)36(46)43-23-27(20-31(43)35(45)42-39)50-32-21-29(24-13-9-7-10-14-24)40-30-19-26(48-5)17-18-28(30)32/h7,9-11,13-15,17-19,21,25,27,31,34H,6,8,12,16,20,22-23H2,1-5H3,(H,41,44)(H,42,45)/b15-11-/t25-,27-,31?,34-,39+/m1/s1. The van der Waals surface area contributed by atoms with Crippen molar-refractivity contribution >= 4 is 34.6 Å². The zero-order chi connectivity index (χ0) is 35.6. The molecule has 1 unspecified atom stereocenters. The van der Waals surface area contributed by atoms with E-state index < -0.39 is 41.0 Å². The molecule has 3 aliphatic rings. The number of nitrogens with one attached hydrogen (secondary N) is 2. The van der Waals surface area contributed by atoms with Gasteiger partial charge in [-0.25, -0.2) is 9.78 Å². The van der Waals surface area contributed by atoms with Crippen LogP contribution in [-0.4, -0.2) is 77.6 Å². The van der Waals surface area contributed by atoms with Gasteiger partial charge in [0.15, 0.2) is 0 Å². The summed E-state index contributed by atoms with van der Waals surface area (Å²) in [5, 5.41) is 6.73. The summed E-state index contributed by atoms with van der Waals surface area (Å²) >= 11 is 0. The Bertz CT molecular complexity index is 1800. The highest BCUT2D eigenvalue weighted by molar-refractivity contribution is 5.97. The Morgan fingerprint density at radius 3 is 2.58 bits per heavy atom. The number of hydrogen-bond donors (Lipinski definition) is 2. The maximum Gasteiger partial charge on any atom is 0.332 e. The van der Waals surface area contributed by atoms with Crippen LogP contribution in [0.3, 0.4) is 0 Å². The van der Waals surface area contributed by atoms with Crippen LogP contribution in [0.4, 0.5) is 0 Å². The molecule has 0 radical (unpaired) electrons. The number of carbonyl (C=O) groups is 4. The number of aromatic nitrogens is 1. The lowest BCUT2D eigenvalue weighted by Gasteiger charge is -2.35. The number of benzene rings is 2. The van der Waals surface area contributed by atoms with E-state index in [1.165, 1.54) is 4.90 Å². The lowest BCUT2D eigenvalue weighted by Crippen LogP contribution is -2.59.